The summed E-state index contributed by atoms with van der Waals surface area (Å²) in [6.07, 6.45) is 0.803. The fourth-order valence-electron chi connectivity index (χ4n) is 1.56. The Morgan fingerprint density at radius 1 is 1.32 bits per heavy atom. The van der Waals surface area contributed by atoms with Gasteiger partial charge in [-0.15, -0.1) is 0 Å². The number of hydrogen-bond acceptors (Lipinski definition) is 4. The van der Waals surface area contributed by atoms with Crippen molar-refractivity contribution < 1.29 is 13.5 Å². The SMILES string of the molecule is CCC(C)(CO)CNc1ccccc1S(=O)(=O)NC. The molecule has 1 aromatic rings. The Hall–Kier alpha value is -1.11. The smallest absolute Gasteiger partial charge is 0.242 e. The van der Waals surface area contributed by atoms with E-state index >= 15 is 0 Å². The molecule has 1 rings (SSSR count). The van der Waals surface area contributed by atoms with Crippen molar-refractivity contribution in [1.29, 1.82) is 0 Å². The normalized spacial score (nSPS) is 14.9. The van der Waals surface area contributed by atoms with Crippen molar-refractivity contribution in [3.05, 3.63) is 24.3 Å². The largest absolute Gasteiger partial charge is 0.396 e. The van der Waals surface area contributed by atoms with E-state index < -0.39 is 10.0 Å². The third-order valence-electron chi connectivity index (χ3n) is 3.39. The number of benzene rings is 1. The van der Waals surface area contributed by atoms with Gasteiger partial charge in [-0.05, 0) is 25.6 Å². The van der Waals surface area contributed by atoms with E-state index in [4.69, 9.17) is 0 Å². The Morgan fingerprint density at radius 2 is 1.95 bits per heavy atom. The third-order valence-corrected chi connectivity index (χ3v) is 4.86. The summed E-state index contributed by atoms with van der Waals surface area (Å²) >= 11 is 0. The first-order valence-electron chi connectivity index (χ1n) is 6.26. The Morgan fingerprint density at radius 3 is 2.47 bits per heavy atom. The Bertz CT molecular complexity index is 510. The van der Waals surface area contributed by atoms with E-state index in [9.17, 15) is 13.5 Å². The number of aliphatic hydroxyl groups is 1. The number of para-hydroxylation sites is 1. The van der Waals surface area contributed by atoms with Crippen LogP contribution in [0, 0.1) is 5.41 Å². The maximum absolute atomic E-state index is 11.9. The molecule has 19 heavy (non-hydrogen) atoms. The van der Waals surface area contributed by atoms with E-state index in [0.29, 0.717) is 12.2 Å². The average molecular weight is 286 g/mol. The maximum atomic E-state index is 11.9. The van der Waals surface area contributed by atoms with Crippen LogP contribution in [-0.2, 0) is 10.0 Å². The summed E-state index contributed by atoms with van der Waals surface area (Å²) in [7, 11) is -2.10. The molecule has 0 aliphatic heterocycles. The van der Waals surface area contributed by atoms with Gasteiger partial charge in [-0.1, -0.05) is 26.0 Å². The lowest BCUT2D eigenvalue weighted by molar-refractivity contribution is 0.149. The molecule has 0 amide bonds. The molecule has 0 heterocycles. The number of anilines is 1. The molecule has 0 saturated carbocycles. The molecule has 3 N–H and O–H groups in total. The molecule has 0 aromatic heterocycles. The molecule has 1 unspecified atom stereocenters. The molecule has 0 bridgehead atoms. The van der Waals surface area contributed by atoms with Gasteiger partial charge in [0.1, 0.15) is 4.90 Å². The highest BCUT2D eigenvalue weighted by molar-refractivity contribution is 7.89. The van der Waals surface area contributed by atoms with Gasteiger partial charge in [0.25, 0.3) is 0 Å². The molecule has 0 fully saturated rings. The highest BCUT2D eigenvalue weighted by Crippen LogP contribution is 2.24. The van der Waals surface area contributed by atoms with Crippen LogP contribution in [-0.4, -0.2) is 33.7 Å². The van der Waals surface area contributed by atoms with Crippen LogP contribution in [0.15, 0.2) is 29.2 Å². The first kappa shape index (κ1) is 15.9. The van der Waals surface area contributed by atoms with Crippen molar-refractivity contribution in [2.24, 2.45) is 5.41 Å². The number of rotatable bonds is 7. The summed E-state index contributed by atoms with van der Waals surface area (Å²) in [5.41, 5.74) is 0.279. The summed E-state index contributed by atoms with van der Waals surface area (Å²) < 4.78 is 26.1. The molecule has 0 aliphatic rings. The van der Waals surface area contributed by atoms with E-state index in [-0.39, 0.29) is 16.9 Å². The predicted molar refractivity (Wildman–Crippen MR) is 76.7 cm³/mol. The highest BCUT2D eigenvalue weighted by Gasteiger charge is 2.22. The first-order chi connectivity index (χ1) is 8.88. The number of aliphatic hydroxyl groups excluding tert-OH is 1. The van der Waals surface area contributed by atoms with Crippen LogP contribution in [0.1, 0.15) is 20.3 Å². The molecule has 1 aromatic carbocycles. The van der Waals surface area contributed by atoms with Crippen LogP contribution in [0.2, 0.25) is 0 Å². The lowest BCUT2D eigenvalue weighted by Gasteiger charge is -2.27. The summed E-state index contributed by atoms with van der Waals surface area (Å²) in [5, 5.41) is 12.5. The van der Waals surface area contributed by atoms with Crippen molar-refractivity contribution >= 4 is 15.7 Å². The topological polar surface area (TPSA) is 78.4 Å². The minimum atomic E-state index is -3.48. The van der Waals surface area contributed by atoms with Gasteiger partial charge >= 0.3 is 0 Å². The van der Waals surface area contributed by atoms with Gasteiger partial charge in [-0.3, -0.25) is 0 Å². The number of nitrogens with one attached hydrogen (secondary N) is 2. The zero-order valence-electron chi connectivity index (χ0n) is 11.6. The van der Waals surface area contributed by atoms with Crippen molar-refractivity contribution in [2.45, 2.75) is 25.2 Å². The van der Waals surface area contributed by atoms with Crippen LogP contribution in [0.3, 0.4) is 0 Å². The Kier molecular flexibility index (Phi) is 5.34. The second-order valence-corrected chi connectivity index (χ2v) is 6.73. The van der Waals surface area contributed by atoms with E-state index in [2.05, 4.69) is 10.0 Å². The minimum absolute atomic E-state index is 0.0530. The Balaban J connectivity index is 2.97. The quantitative estimate of drug-likeness (QED) is 0.708. The molecular formula is C13H22N2O3S. The predicted octanol–water partition coefficient (Wildman–Crippen LogP) is 1.42. The summed E-state index contributed by atoms with van der Waals surface area (Å²) in [4.78, 5) is 0.217. The lowest BCUT2D eigenvalue weighted by atomic mass is 9.88. The van der Waals surface area contributed by atoms with Crippen molar-refractivity contribution in [3.8, 4) is 0 Å². The first-order valence-corrected chi connectivity index (χ1v) is 7.74. The van der Waals surface area contributed by atoms with Gasteiger partial charge in [0.05, 0.1) is 12.3 Å². The van der Waals surface area contributed by atoms with Crippen LogP contribution >= 0.6 is 0 Å². The summed E-state index contributed by atoms with van der Waals surface area (Å²) in [6, 6.07) is 6.73. The van der Waals surface area contributed by atoms with Gasteiger partial charge in [0.15, 0.2) is 0 Å². The molecule has 1 atom stereocenters. The highest BCUT2D eigenvalue weighted by atomic mass is 32.2. The van der Waals surface area contributed by atoms with Crippen molar-refractivity contribution in [1.82, 2.24) is 4.72 Å². The zero-order chi connectivity index (χ0) is 14.5. The molecular weight excluding hydrogens is 264 g/mol. The van der Waals surface area contributed by atoms with Crippen LogP contribution in [0.5, 0.6) is 0 Å². The second kappa shape index (κ2) is 6.36. The summed E-state index contributed by atoms with van der Waals surface area (Å²) in [5.74, 6) is 0. The van der Waals surface area contributed by atoms with Crippen LogP contribution in [0.25, 0.3) is 0 Å². The van der Waals surface area contributed by atoms with E-state index in [1.54, 1.807) is 24.3 Å². The monoisotopic (exact) mass is 286 g/mol. The number of hydrogen-bond donors (Lipinski definition) is 3. The maximum Gasteiger partial charge on any atom is 0.242 e. The van der Waals surface area contributed by atoms with Crippen LogP contribution in [0.4, 0.5) is 5.69 Å². The number of sulfonamides is 1. The van der Waals surface area contributed by atoms with Gasteiger partial charge < -0.3 is 10.4 Å². The van der Waals surface area contributed by atoms with E-state index in [1.165, 1.54) is 7.05 Å². The van der Waals surface area contributed by atoms with Gasteiger partial charge in [0, 0.05) is 12.0 Å². The van der Waals surface area contributed by atoms with E-state index in [0.717, 1.165) is 6.42 Å². The lowest BCUT2D eigenvalue weighted by Crippen LogP contribution is -2.30. The molecule has 0 radical (unpaired) electrons. The van der Waals surface area contributed by atoms with Gasteiger partial charge in [0.2, 0.25) is 10.0 Å². The third kappa shape index (κ3) is 3.92. The molecule has 0 aliphatic carbocycles. The molecule has 108 valence electrons. The molecule has 6 heteroatoms. The standard InChI is InChI=1S/C13H22N2O3S/c1-4-13(2,10-16)9-15-11-7-5-6-8-12(11)19(17,18)14-3/h5-8,14-16H,4,9-10H2,1-3H3. The fraction of sp³-hybridized carbons (Fsp3) is 0.538. The van der Waals surface area contributed by atoms with E-state index in [1.807, 2.05) is 13.8 Å². The molecule has 5 nitrogen and oxygen atoms in total. The van der Waals surface area contributed by atoms with Gasteiger partial charge in [-0.2, -0.15) is 0 Å². The molecule has 0 saturated heterocycles. The summed E-state index contributed by atoms with van der Waals surface area (Å²) in [6.45, 7) is 4.51. The van der Waals surface area contributed by atoms with Gasteiger partial charge in [-0.25, -0.2) is 13.1 Å². The minimum Gasteiger partial charge on any atom is -0.396 e. The molecule has 0 spiro atoms. The van der Waals surface area contributed by atoms with Crippen molar-refractivity contribution in [2.75, 3.05) is 25.5 Å². The zero-order valence-corrected chi connectivity index (χ0v) is 12.4. The fourth-order valence-corrected chi connectivity index (χ4v) is 2.47. The second-order valence-electron chi connectivity index (χ2n) is 4.88. The van der Waals surface area contributed by atoms with Crippen molar-refractivity contribution in [3.63, 3.8) is 0 Å². The van der Waals surface area contributed by atoms with Crippen LogP contribution < -0.4 is 10.0 Å². The average Bonchev–Trinajstić information content (AvgIpc) is 2.45. The Labute approximate surface area is 115 Å².